The summed E-state index contributed by atoms with van der Waals surface area (Å²) in [6.45, 7) is 6.86. The first-order chi connectivity index (χ1) is 14.0. The van der Waals surface area contributed by atoms with E-state index in [0.717, 1.165) is 46.0 Å². The van der Waals surface area contributed by atoms with Gasteiger partial charge in [-0.15, -0.1) is 11.3 Å². The van der Waals surface area contributed by atoms with Gasteiger partial charge in [-0.3, -0.25) is 0 Å². The van der Waals surface area contributed by atoms with Gasteiger partial charge in [-0.05, 0) is 43.2 Å². The van der Waals surface area contributed by atoms with Crippen LogP contribution >= 0.6 is 11.3 Å². The number of thiazole rings is 1. The first kappa shape index (κ1) is 18.2. The van der Waals surface area contributed by atoms with Crippen molar-refractivity contribution in [2.45, 2.75) is 26.0 Å². The molecule has 0 spiro atoms. The molecule has 0 saturated carbocycles. The summed E-state index contributed by atoms with van der Waals surface area (Å²) in [4.78, 5) is 25.3. The van der Waals surface area contributed by atoms with Crippen molar-refractivity contribution in [1.29, 1.82) is 0 Å². The third-order valence-corrected chi connectivity index (χ3v) is 6.18. The number of amides is 2. The minimum Gasteiger partial charge on any atom is -0.484 e. The largest absolute Gasteiger partial charge is 0.484 e. The van der Waals surface area contributed by atoms with Crippen molar-refractivity contribution >= 4 is 33.4 Å². The van der Waals surface area contributed by atoms with E-state index < -0.39 is 0 Å². The summed E-state index contributed by atoms with van der Waals surface area (Å²) in [6, 6.07) is 8.37. The monoisotopic (exact) mass is 409 g/mol. The molecule has 2 amide bonds. The molecule has 0 atom stereocenters. The van der Waals surface area contributed by atoms with E-state index in [9.17, 15) is 4.79 Å². The number of hydrogen-bond donors (Lipinski definition) is 1. The molecule has 150 valence electrons. The maximum absolute atomic E-state index is 12.5. The van der Waals surface area contributed by atoms with E-state index in [4.69, 9.17) is 4.74 Å². The van der Waals surface area contributed by atoms with Gasteiger partial charge in [0.15, 0.2) is 0 Å². The van der Waals surface area contributed by atoms with Crippen molar-refractivity contribution in [1.82, 2.24) is 20.2 Å². The predicted octanol–water partition coefficient (Wildman–Crippen LogP) is 2.97. The highest BCUT2D eigenvalue weighted by atomic mass is 32.1. The predicted molar refractivity (Wildman–Crippen MR) is 114 cm³/mol. The van der Waals surface area contributed by atoms with Crippen LogP contribution < -0.4 is 15.0 Å². The number of urea groups is 1. The molecule has 2 fully saturated rings. The second-order valence-corrected chi connectivity index (χ2v) is 8.74. The number of anilines is 1. The molecule has 2 aromatic heterocycles. The highest BCUT2D eigenvalue weighted by Crippen LogP contribution is 2.31. The van der Waals surface area contributed by atoms with Crippen LogP contribution in [-0.2, 0) is 0 Å². The van der Waals surface area contributed by atoms with Gasteiger partial charge >= 0.3 is 6.03 Å². The lowest BCUT2D eigenvalue weighted by molar-refractivity contribution is 0.0439. The van der Waals surface area contributed by atoms with Crippen LogP contribution in [0.2, 0.25) is 0 Å². The van der Waals surface area contributed by atoms with Gasteiger partial charge in [0, 0.05) is 19.3 Å². The zero-order valence-corrected chi connectivity index (χ0v) is 17.3. The number of ether oxygens (including phenoxy) is 1. The summed E-state index contributed by atoms with van der Waals surface area (Å²) in [7, 11) is 0. The Balaban J connectivity index is 1.10. The van der Waals surface area contributed by atoms with Gasteiger partial charge in [0.25, 0.3) is 0 Å². The van der Waals surface area contributed by atoms with E-state index in [1.165, 1.54) is 0 Å². The maximum atomic E-state index is 12.5. The number of benzene rings is 1. The van der Waals surface area contributed by atoms with Gasteiger partial charge in [-0.2, -0.15) is 0 Å². The third-order valence-electron chi connectivity index (χ3n) is 5.40. The van der Waals surface area contributed by atoms with Crippen molar-refractivity contribution in [3.8, 4) is 5.75 Å². The fourth-order valence-electron chi connectivity index (χ4n) is 3.68. The van der Waals surface area contributed by atoms with Crippen LogP contribution in [0.25, 0.3) is 10.2 Å². The lowest BCUT2D eigenvalue weighted by Crippen LogP contribution is -2.65. The van der Waals surface area contributed by atoms with Crippen molar-refractivity contribution in [3.05, 3.63) is 47.1 Å². The summed E-state index contributed by atoms with van der Waals surface area (Å²) in [5.74, 6) is 1.77. The number of nitrogens with zero attached hydrogens (tertiary/aromatic N) is 4. The Morgan fingerprint density at radius 2 is 1.97 bits per heavy atom. The minimum atomic E-state index is -0.0191. The third kappa shape index (κ3) is 3.60. The average Bonchev–Trinajstić information content (AvgIpc) is 3.09. The van der Waals surface area contributed by atoms with Crippen LogP contribution in [0.3, 0.4) is 0 Å². The molecule has 4 heterocycles. The maximum Gasteiger partial charge on any atom is 0.317 e. The molecule has 0 radical (unpaired) electrons. The first-order valence-electron chi connectivity index (χ1n) is 9.79. The summed E-state index contributed by atoms with van der Waals surface area (Å²) < 4.78 is 7.25. The lowest BCUT2D eigenvalue weighted by atomic mass is 10.1. The Morgan fingerprint density at radius 1 is 1.14 bits per heavy atom. The molecule has 2 saturated heterocycles. The summed E-state index contributed by atoms with van der Waals surface area (Å²) in [6.07, 6.45) is 1.89. The molecule has 0 aliphatic carbocycles. The number of hydrogen-bond acceptors (Lipinski definition) is 6. The van der Waals surface area contributed by atoms with Crippen LogP contribution in [0.5, 0.6) is 5.75 Å². The van der Waals surface area contributed by atoms with E-state index in [0.29, 0.717) is 13.1 Å². The van der Waals surface area contributed by atoms with Crippen molar-refractivity contribution in [2.24, 2.45) is 0 Å². The first-order valence-corrected chi connectivity index (χ1v) is 10.7. The smallest absolute Gasteiger partial charge is 0.317 e. The van der Waals surface area contributed by atoms with Gasteiger partial charge in [0.05, 0.1) is 29.3 Å². The van der Waals surface area contributed by atoms with Gasteiger partial charge in [-0.1, -0.05) is 6.07 Å². The van der Waals surface area contributed by atoms with Gasteiger partial charge < -0.3 is 19.9 Å². The molecule has 2 aliphatic heterocycles. The SMILES string of the molecule is Cc1ccc(N2CC(NC(=O)N3CC(Oc4cc(C)cc5scnc45)C3)C2)nc1. The fraction of sp³-hybridized carbons (Fsp3) is 0.381. The molecule has 5 rings (SSSR count). The lowest BCUT2D eigenvalue weighted by Gasteiger charge is -2.44. The van der Waals surface area contributed by atoms with E-state index >= 15 is 0 Å². The number of aryl methyl sites for hydroxylation is 2. The van der Waals surface area contributed by atoms with Gasteiger partial charge in [0.2, 0.25) is 0 Å². The molecule has 29 heavy (non-hydrogen) atoms. The van der Waals surface area contributed by atoms with Crippen LogP contribution in [0.1, 0.15) is 11.1 Å². The molecule has 2 aliphatic rings. The fourth-order valence-corrected chi connectivity index (χ4v) is 4.47. The van der Waals surface area contributed by atoms with E-state index in [-0.39, 0.29) is 18.2 Å². The van der Waals surface area contributed by atoms with Crippen molar-refractivity contribution in [2.75, 3.05) is 31.1 Å². The molecular weight excluding hydrogens is 386 g/mol. The molecule has 3 aromatic rings. The second kappa shape index (κ2) is 7.18. The van der Waals surface area contributed by atoms with Crippen LogP contribution in [0, 0.1) is 13.8 Å². The van der Waals surface area contributed by atoms with E-state index in [1.54, 1.807) is 16.2 Å². The number of pyridine rings is 1. The van der Waals surface area contributed by atoms with Crippen molar-refractivity contribution in [3.63, 3.8) is 0 Å². The zero-order chi connectivity index (χ0) is 20.0. The number of carbonyl (C=O) groups excluding carboxylic acids is 1. The molecule has 1 N–H and O–H groups in total. The molecular formula is C21H23N5O2S. The topological polar surface area (TPSA) is 70.6 Å². The van der Waals surface area contributed by atoms with E-state index in [2.05, 4.69) is 39.2 Å². The highest BCUT2D eigenvalue weighted by Gasteiger charge is 2.36. The number of fused-ring (bicyclic) bond motifs is 1. The van der Waals surface area contributed by atoms with Gasteiger partial charge in [0.1, 0.15) is 23.2 Å². The highest BCUT2D eigenvalue weighted by molar-refractivity contribution is 7.16. The summed E-state index contributed by atoms with van der Waals surface area (Å²) >= 11 is 1.61. The Labute approximate surface area is 173 Å². The standard InChI is InChI=1S/C21H23N5O2S/c1-13-3-4-19(22-7-13)25-8-15(9-25)24-21(27)26-10-16(11-26)28-17-5-14(2)6-18-20(17)23-12-29-18/h3-7,12,15-16H,8-11H2,1-2H3,(H,24,27). The number of carbonyl (C=O) groups is 1. The number of likely N-dealkylation sites (tertiary alicyclic amines) is 1. The molecule has 1 aromatic carbocycles. The zero-order valence-electron chi connectivity index (χ0n) is 16.5. The molecule has 8 heteroatoms. The number of rotatable bonds is 4. The minimum absolute atomic E-state index is 0.0158. The van der Waals surface area contributed by atoms with Crippen LogP contribution in [0.4, 0.5) is 10.6 Å². The molecule has 0 bridgehead atoms. The Bertz CT molecular complexity index is 1040. The normalized spacial score (nSPS) is 17.2. The number of nitrogens with one attached hydrogen (secondary N) is 1. The summed E-state index contributed by atoms with van der Waals surface area (Å²) in [5.41, 5.74) is 5.05. The Kier molecular flexibility index (Phi) is 4.50. The van der Waals surface area contributed by atoms with Gasteiger partial charge in [-0.25, -0.2) is 14.8 Å². The average molecular weight is 410 g/mol. The Morgan fingerprint density at radius 3 is 2.72 bits per heavy atom. The molecule has 0 unspecified atom stereocenters. The number of aromatic nitrogens is 2. The van der Waals surface area contributed by atoms with E-state index in [1.807, 2.05) is 30.8 Å². The van der Waals surface area contributed by atoms with Crippen LogP contribution in [-0.4, -0.2) is 59.2 Å². The summed E-state index contributed by atoms with van der Waals surface area (Å²) in [5, 5.41) is 3.10. The van der Waals surface area contributed by atoms with Crippen molar-refractivity contribution < 1.29 is 9.53 Å². The quantitative estimate of drug-likeness (QED) is 0.717. The molecule has 7 nitrogen and oxygen atoms in total. The Hall–Kier alpha value is -2.87. The second-order valence-electron chi connectivity index (χ2n) is 7.85. The van der Waals surface area contributed by atoms with Crippen LogP contribution in [0.15, 0.2) is 36.0 Å².